The topological polar surface area (TPSA) is 204 Å². The Kier molecular flexibility index (Phi) is 7.47. The van der Waals surface area contributed by atoms with E-state index in [0.717, 1.165) is 0 Å². The highest BCUT2D eigenvalue weighted by molar-refractivity contribution is 7.52. The van der Waals surface area contributed by atoms with Crippen molar-refractivity contribution in [1.29, 1.82) is 5.26 Å². The average Bonchev–Trinajstić information content (AvgIpc) is 3.43. The minimum Gasteiger partial charge on any atom is -0.468 e. The van der Waals surface area contributed by atoms with Crippen molar-refractivity contribution >= 4 is 25.1 Å². The predicted molar refractivity (Wildman–Crippen MR) is 127 cm³/mol. The molecule has 0 saturated carbocycles. The van der Waals surface area contributed by atoms with Crippen molar-refractivity contribution in [1.82, 2.24) is 19.7 Å². The van der Waals surface area contributed by atoms with Crippen LogP contribution in [0.5, 0.6) is 5.75 Å². The number of aromatic nitrogens is 3. The van der Waals surface area contributed by atoms with Crippen LogP contribution in [0.4, 0.5) is 5.82 Å². The third-order valence-corrected chi connectivity index (χ3v) is 7.41. The largest absolute Gasteiger partial charge is 0.468 e. The molecule has 4 rings (SSSR count). The summed E-state index contributed by atoms with van der Waals surface area (Å²) in [6.45, 7) is 0.806. The summed E-state index contributed by atoms with van der Waals surface area (Å²) in [5.74, 6) is -0.420. The third kappa shape index (κ3) is 5.01. The van der Waals surface area contributed by atoms with Gasteiger partial charge in [-0.2, -0.15) is 15.4 Å². The molecule has 6 atom stereocenters. The molecule has 14 nitrogen and oxygen atoms in total. The van der Waals surface area contributed by atoms with Gasteiger partial charge in [0, 0.05) is 0 Å². The number of hydrogen-bond donors (Lipinski definition) is 4. The molecule has 37 heavy (non-hydrogen) atoms. The highest BCUT2D eigenvalue weighted by Gasteiger charge is 2.58. The molecule has 0 aliphatic carbocycles. The molecule has 1 fully saturated rings. The lowest BCUT2D eigenvalue weighted by Gasteiger charge is -2.25. The van der Waals surface area contributed by atoms with Crippen molar-refractivity contribution in [2.45, 2.75) is 36.9 Å². The molecule has 1 aromatic carbocycles. The molecule has 1 aliphatic heterocycles. The fourth-order valence-corrected chi connectivity index (χ4v) is 5.40. The van der Waals surface area contributed by atoms with E-state index in [4.69, 9.17) is 19.5 Å². The Morgan fingerprint density at radius 1 is 1.35 bits per heavy atom. The van der Waals surface area contributed by atoms with Crippen molar-refractivity contribution in [3.8, 4) is 11.8 Å². The summed E-state index contributed by atoms with van der Waals surface area (Å²) in [6, 6.07) is 11.9. The van der Waals surface area contributed by atoms with Crippen molar-refractivity contribution < 1.29 is 38.1 Å². The van der Waals surface area contributed by atoms with Gasteiger partial charge in [0.05, 0.1) is 19.4 Å². The van der Waals surface area contributed by atoms with E-state index >= 15 is 0 Å². The fourth-order valence-electron chi connectivity index (χ4n) is 3.90. The number of methoxy groups -OCH3 is 1. The van der Waals surface area contributed by atoms with Crippen LogP contribution < -0.4 is 15.3 Å². The minimum absolute atomic E-state index is 0.0920. The number of hydrogen-bond acceptors (Lipinski definition) is 12. The molecule has 1 unspecified atom stereocenters. The second-order valence-electron chi connectivity index (χ2n) is 8.17. The zero-order valence-electron chi connectivity index (χ0n) is 19.8. The van der Waals surface area contributed by atoms with Crippen LogP contribution in [-0.4, -0.2) is 68.9 Å². The van der Waals surface area contributed by atoms with E-state index in [9.17, 15) is 24.8 Å². The molecule has 0 radical (unpaired) electrons. The number of carbonyl (C=O) groups is 1. The van der Waals surface area contributed by atoms with Crippen LogP contribution in [0.25, 0.3) is 5.52 Å². The fraction of sp³-hybridized carbons (Fsp3) is 0.364. The maximum atomic E-state index is 13.6. The zero-order chi connectivity index (χ0) is 26.8. The van der Waals surface area contributed by atoms with E-state index in [1.165, 1.54) is 49.1 Å². The monoisotopic (exact) mass is 532 g/mol. The van der Waals surface area contributed by atoms with E-state index in [1.54, 1.807) is 18.2 Å². The van der Waals surface area contributed by atoms with E-state index in [0.29, 0.717) is 5.52 Å². The van der Waals surface area contributed by atoms with Crippen LogP contribution >= 0.6 is 7.75 Å². The van der Waals surface area contributed by atoms with Crippen LogP contribution in [0.15, 0.2) is 48.8 Å². The number of ether oxygens (including phenoxy) is 2. The molecule has 196 valence electrons. The number of esters is 1. The molecule has 0 bridgehead atoms. The number of nitrogens with zero attached hydrogens (tertiary/aromatic N) is 4. The summed E-state index contributed by atoms with van der Waals surface area (Å²) in [4.78, 5) is 15.8. The second kappa shape index (κ2) is 10.4. The smallest absolute Gasteiger partial charge is 0.459 e. The quantitative estimate of drug-likeness (QED) is 0.219. The Balaban J connectivity index is 1.59. The normalized spacial score (nSPS) is 25.8. The predicted octanol–water partition coefficient (Wildman–Crippen LogP) is 0.506. The molecule has 0 spiro atoms. The second-order valence-corrected chi connectivity index (χ2v) is 9.87. The van der Waals surface area contributed by atoms with Crippen molar-refractivity contribution in [3.63, 3.8) is 0 Å². The first-order valence-electron chi connectivity index (χ1n) is 11.0. The van der Waals surface area contributed by atoms with Gasteiger partial charge < -0.3 is 29.9 Å². The Morgan fingerprint density at radius 3 is 2.76 bits per heavy atom. The molecule has 15 heteroatoms. The van der Waals surface area contributed by atoms with Gasteiger partial charge in [0.2, 0.25) is 5.60 Å². The van der Waals surface area contributed by atoms with Crippen LogP contribution in [0.3, 0.4) is 0 Å². The Labute approximate surface area is 211 Å². The molecule has 2 aromatic heterocycles. The first kappa shape index (κ1) is 26.5. The van der Waals surface area contributed by atoms with Gasteiger partial charge in [0.15, 0.2) is 5.82 Å². The SMILES string of the molecule is COC(=O)[C@H](C)NP(=O)(OC[C@H]1O[C@@](C#N)(c2ccc3c(N)ncnn23)[C@H](O)[C@@H]1O)Oc1ccccc1. The molecular formula is C22H25N6O8P. The number of aliphatic hydroxyl groups excluding tert-OH is 2. The number of anilines is 1. The first-order valence-corrected chi connectivity index (χ1v) is 12.6. The number of para-hydroxylation sites is 1. The summed E-state index contributed by atoms with van der Waals surface area (Å²) >= 11 is 0. The van der Waals surface area contributed by atoms with Crippen molar-refractivity contribution in [2.75, 3.05) is 19.5 Å². The van der Waals surface area contributed by atoms with E-state index in [-0.39, 0.29) is 17.3 Å². The first-order chi connectivity index (χ1) is 17.6. The molecule has 1 aliphatic rings. The summed E-state index contributed by atoms with van der Waals surface area (Å²) in [5, 5.41) is 38.2. The highest BCUT2D eigenvalue weighted by Crippen LogP contribution is 2.47. The van der Waals surface area contributed by atoms with Gasteiger partial charge in [0.1, 0.15) is 48.0 Å². The van der Waals surface area contributed by atoms with Crippen LogP contribution in [0.1, 0.15) is 12.6 Å². The standard InChI is InChI=1S/C22H25N6O8P/c1-13(21(31)33-2)27-37(32,36-14-6-4-3-5-7-14)34-10-16-18(29)19(30)22(11-23,35-16)17-9-8-15-20(24)25-12-26-28(15)17/h3-9,12-13,16,18-19,29-30H,10H2,1-2H3,(H,27,32)(H2,24,25,26)/t13-,16+,18+,19+,22-,37?/m0/s1. The Morgan fingerprint density at radius 2 is 2.08 bits per heavy atom. The van der Waals surface area contributed by atoms with Crippen molar-refractivity contribution in [2.24, 2.45) is 0 Å². The Bertz CT molecular complexity index is 1360. The summed E-state index contributed by atoms with van der Waals surface area (Å²) in [6.07, 6.45) is -3.53. The van der Waals surface area contributed by atoms with Gasteiger partial charge in [-0.3, -0.25) is 9.32 Å². The van der Waals surface area contributed by atoms with Crippen LogP contribution in [-0.2, 0) is 29.0 Å². The number of carbonyl (C=O) groups excluding carboxylic acids is 1. The van der Waals surface area contributed by atoms with Gasteiger partial charge in [-0.25, -0.2) is 14.1 Å². The van der Waals surface area contributed by atoms with Crippen LogP contribution in [0, 0.1) is 11.3 Å². The van der Waals surface area contributed by atoms with E-state index < -0.39 is 50.3 Å². The minimum atomic E-state index is -4.27. The lowest BCUT2D eigenvalue weighted by molar-refractivity contribution is -0.142. The lowest BCUT2D eigenvalue weighted by Crippen LogP contribution is -2.41. The maximum Gasteiger partial charge on any atom is 0.459 e. The number of nitriles is 1. The molecule has 5 N–H and O–H groups in total. The summed E-state index contributed by atoms with van der Waals surface area (Å²) in [5.41, 5.74) is 4.24. The number of nitrogens with one attached hydrogen (secondary N) is 1. The number of rotatable bonds is 9. The molecule has 3 aromatic rings. The van der Waals surface area contributed by atoms with Gasteiger partial charge in [-0.15, -0.1) is 0 Å². The summed E-state index contributed by atoms with van der Waals surface area (Å²) < 4.78 is 36.4. The average molecular weight is 532 g/mol. The lowest BCUT2D eigenvalue weighted by atomic mass is 9.92. The highest BCUT2D eigenvalue weighted by atomic mass is 31.2. The van der Waals surface area contributed by atoms with Gasteiger partial charge in [-0.05, 0) is 31.2 Å². The number of aliphatic hydroxyl groups is 2. The van der Waals surface area contributed by atoms with Gasteiger partial charge >= 0.3 is 13.7 Å². The third-order valence-electron chi connectivity index (χ3n) is 5.77. The number of fused-ring (bicyclic) bond motifs is 1. The zero-order valence-corrected chi connectivity index (χ0v) is 20.7. The van der Waals surface area contributed by atoms with E-state index in [1.807, 2.05) is 6.07 Å². The van der Waals surface area contributed by atoms with Crippen LogP contribution in [0.2, 0.25) is 0 Å². The maximum absolute atomic E-state index is 13.6. The summed E-state index contributed by atoms with van der Waals surface area (Å²) in [7, 11) is -3.10. The number of nitrogen functional groups attached to an aromatic ring is 1. The molecule has 1 saturated heterocycles. The van der Waals surface area contributed by atoms with Crippen molar-refractivity contribution in [3.05, 3.63) is 54.5 Å². The molecular weight excluding hydrogens is 507 g/mol. The van der Waals surface area contributed by atoms with Gasteiger partial charge in [0.25, 0.3) is 0 Å². The van der Waals surface area contributed by atoms with E-state index in [2.05, 4.69) is 19.9 Å². The number of nitrogens with two attached hydrogens (primary N) is 1. The molecule has 0 amide bonds. The molecule has 3 heterocycles. The number of benzene rings is 1. The van der Waals surface area contributed by atoms with Gasteiger partial charge in [-0.1, -0.05) is 18.2 Å². The Hall–Kier alpha value is -3.57.